The van der Waals surface area contributed by atoms with E-state index in [0.717, 1.165) is 19.6 Å². The molecule has 2 unspecified atom stereocenters. The van der Waals surface area contributed by atoms with Crippen molar-refractivity contribution in [2.24, 2.45) is 17.6 Å². The number of rotatable bonds is 5. The van der Waals surface area contributed by atoms with Crippen molar-refractivity contribution in [1.82, 2.24) is 0 Å². The van der Waals surface area contributed by atoms with E-state index in [0.29, 0.717) is 25.5 Å². The summed E-state index contributed by atoms with van der Waals surface area (Å²) in [6, 6.07) is 0. The molecule has 2 atom stereocenters. The molecule has 0 bridgehead atoms. The summed E-state index contributed by atoms with van der Waals surface area (Å²) < 4.78 is 10.3. The summed E-state index contributed by atoms with van der Waals surface area (Å²) >= 11 is 0. The molecule has 0 amide bonds. The van der Waals surface area contributed by atoms with Gasteiger partial charge in [-0.1, -0.05) is 6.92 Å². The molecule has 1 fully saturated rings. The van der Waals surface area contributed by atoms with Gasteiger partial charge < -0.3 is 15.2 Å². The highest BCUT2D eigenvalue weighted by Crippen LogP contribution is 2.13. The SMILES string of the molecule is CC(CN)CC(=O)OCC1CCOC1. The van der Waals surface area contributed by atoms with Gasteiger partial charge in [-0.25, -0.2) is 0 Å². The van der Waals surface area contributed by atoms with Crippen molar-refractivity contribution >= 4 is 5.97 Å². The maximum atomic E-state index is 11.3. The third kappa shape index (κ3) is 4.07. The average molecular weight is 201 g/mol. The van der Waals surface area contributed by atoms with Crippen LogP contribution in [0.25, 0.3) is 0 Å². The van der Waals surface area contributed by atoms with E-state index in [-0.39, 0.29) is 11.9 Å². The van der Waals surface area contributed by atoms with Crippen molar-refractivity contribution in [1.29, 1.82) is 0 Å². The first-order valence-corrected chi connectivity index (χ1v) is 5.15. The molecule has 82 valence electrons. The predicted octanol–water partition coefficient (Wildman–Crippen LogP) is 0.551. The van der Waals surface area contributed by atoms with Crippen LogP contribution in [-0.4, -0.2) is 32.3 Å². The third-order valence-electron chi connectivity index (χ3n) is 2.42. The van der Waals surface area contributed by atoms with Crippen molar-refractivity contribution in [2.75, 3.05) is 26.4 Å². The van der Waals surface area contributed by atoms with Crippen molar-refractivity contribution in [2.45, 2.75) is 19.8 Å². The molecule has 4 nitrogen and oxygen atoms in total. The van der Waals surface area contributed by atoms with E-state index in [1.165, 1.54) is 0 Å². The summed E-state index contributed by atoms with van der Waals surface area (Å²) in [5.41, 5.74) is 5.41. The van der Waals surface area contributed by atoms with E-state index in [1.807, 2.05) is 6.92 Å². The number of hydrogen-bond donors (Lipinski definition) is 1. The molecule has 1 aliphatic heterocycles. The summed E-state index contributed by atoms with van der Waals surface area (Å²) in [6.45, 7) is 4.48. The Morgan fingerprint density at radius 2 is 2.50 bits per heavy atom. The maximum Gasteiger partial charge on any atom is 0.306 e. The molecular formula is C10H19NO3. The minimum absolute atomic E-state index is 0.144. The van der Waals surface area contributed by atoms with E-state index in [1.54, 1.807) is 0 Å². The van der Waals surface area contributed by atoms with Gasteiger partial charge in [-0.2, -0.15) is 0 Å². The normalized spacial score (nSPS) is 23.4. The van der Waals surface area contributed by atoms with E-state index < -0.39 is 0 Å². The van der Waals surface area contributed by atoms with Crippen LogP contribution in [0.3, 0.4) is 0 Å². The molecule has 1 rings (SSSR count). The summed E-state index contributed by atoms with van der Waals surface area (Å²) in [5.74, 6) is 0.462. The van der Waals surface area contributed by atoms with Gasteiger partial charge >= 0.3 is 5.97 Å². The van der Waals surface area contributed by atoms with Gasteiger partial charge in [0.1, 0.15) is 0 Å². The van der Waals surface area contributed by atoms with E-state index in [9.17, 15) is 4.79 Å². The highest BCUT2D eigenvalue weighted by Gasteiger charge is 2.18. The molecule has 0 aromatic carbocycles. The molecule has 0 radical (unpaired) electrons. The fraction of sp³-hybridized carbons (Fsp3) is 0.900. The number of hydrogen-bond acceptors (Lipinski definition) is 4. The molecule has 0 aliphatic carbocycles. The number of carbonyl (C=O) groups is 1. The fourth-order valence-electron chi connectivity index (χ4n) is 1.35. The fourth-order valence-corrected chi connectivity index (χ4v) is 1.35. The van der Waals surface area contributed by atoms with Crippen LogP contribution in [0.4, 0.5) is 0 Å². The number of carbonyl (C=O) groups excluding carboxylic acids is 1. The lowest BCUT2D eigenvalue weighted by Crippen LogP contribution is -2.19. The first-order chi connectivity index (χ1) is 6.72. The zero-order valence-corrected chi connectivity index (χ0v) is 8.70. The molecule has 1 saturated heterocycles. The highest BCUT2D eigenvalue weighted by atomic mass is 16.5. The molecule has 1 aliphatic rings. The monoisotopic (exact) mass is 201 g/mol. The van der Waals surface area contributed by atoms with Crippen LogP contribution in [0.2, 0.25) is 0 Å². The van der Waals surface area contributed by atoms with Crippen molar-refractivity contribution in [3.05, 3.63) is 0 Å². The van der Waals surface area contributed by atoms with Crippen LogP contribution in [0.1, 0.15) is 19.8 Å². The van der Waals surface area contributed by atoms with Crippen LogP contribution in [-0.2, 0) is 14.3 Å². The molecule has 0 aromatic heterocycles. The third-order valence-corrected chi connectivity index (χ3v) is 2.42. The van der Waals surface area contributed by atoms with Gasteiger partial charge in [0.25, 0.3) is 0 Å². The Balaban J connectivity index is 2.08. The minimum atomic E-state index is -0.144. The van der Waals surface area contributed by atoms with Crippen molar-refractivity contribution < 1.29 is 14.3 Å². The zero-order chi connectivity index (χ0) is 10.4. The Morgan fingerprint density at radius 3 is 3.07 bits per heavy atom. The molecule has 0 saturated carbocycles. The number of ether oxygens (including phenoxy) is 2. The standard InChI is InChI=1S/C10H19NO3/c1-8(5-11)4-10(12)14-7-9-2-3-13-6-9/h8-9H,2-7,11H2,1H3. The Bertz CT molecular complexity index is 178. The van der Waals surface area contributed by atoms with Gasteiger partial charge in [0.2, 0.25) is 0 Å². The molecule has 2 N–H and O–H groups in total. The summed E-state index contributed by atoms with van der Waals surface area (Å²) in [7, 11) is 0. The van der Waals surface area contributed by atoms with Crippen LogP contribution >= 0.6 is 0 Å². The summed E-state index contributed by atoms with van der Waals surface area (Å²) in [4.78, 5) is 11.3. The molecule has 4 heteroatoms. The van der Waals surface area contributed by atoms with Gasteiger partial charge in [0.15, 0.2) is 0 Å². The minimum Gasteiger partial charge on any atom is -0.465 e. The molecule has 14 heavy (non-hydrogen) atoms. The highest BCUT2D eigenvalue weighted by molar-refractivity contribution is 5.69. The quantitative estimate of drug-likeness (QED) is 0.660. The van der Waals surface area contributed by atoms with E-state index in [2.05, 4.69) is 0 Å². The van der Waals surface area contributed by atoms with Gasteiger partial charge in [-0.15, -0.1) is 0 Å². The Kier molecular flexibility index (Phi) is 4.90. The van der Waals surface area contributed by atoms with Crippen LogP contribution in [0, 0.1) is 11.8 Å². The lowest BCUT2D eigenvalue weighted by molar-refractivity contribution is -0.145. The summed E-state index contributed by atoms with van der Waals surface area (Å²) in [6.07, 6.45) is 1.42. The van der Waals surface area contributed by atoms with E-state index >= 15 is 0 Å². The van der Waals surface area contributed by atoms with Crippen molar-refractivity contribution in [3.8, 4) is 0 Å². The first kappa shape index (κ1) is 11.5. The Hall–Kier alpha value is -0.610. The lowest BCUT2D eigenvalue weighted by Gasteiger charge is -2.11. The van der Waals surface area contributed by atoms with Crippen LogP contribution in [0.15, 0.2) is 0 Å². The van der Waals surface area contributed by atoms with Gasteiger partial charge in [-0.05, 0) is 18.9 Å². The second-order valence-corrected chi connectivity index (χ2v) is 3.96. The Labute approximate surface area is 84.7 Å². The maximum absolute atomic E-state index is 11.3. The number of esters is 1. The molecule has 0 spiro atoms. The van der Waals surface area contributed by atoms with Gasteiger partial charge in [0.05, 0.1) is 13.2 Å². The topological polar surface area (TPSA) is 61.6 Å². The summed E-state index contributed by atoms with van der Waals surface area (Å²) in [5, 5.41) is 0. The second-order valence-electron chi connectivity index (χ2n) is 3.96. The zero-order valence-electron chi connectivity index (χ0n) is 8.70. The molecule has 0 aromatic rings. The predicted molar refractivity (Wildman–Crippen MR) is 52.7 cm³/mol. The largest absolute Gasteiger partial charge is 0.465 e. The first-order valence-electron chi connectivity index (χ1n) is 5.15. The Morgan fingerprint density at radius 1 is 1.71 bits per heavy atom. The van der Waals surface area contributed by atoms with Gasteiger partial charge in [0, 0.05) is 18.9 Å². The lowest BCUT2D eigenvalue weighted by atomic mass is 10.1. The van der Waals surface area contributed by atoms with Gasteiger partial charge in [-0.3, -0.25) is 4.79 Å². The van der Waals surface area contributed by atoms with Crippen LogP contribution < -0.4 is 5.73 Å². The van der Waals surface area contributed by atoms with E-state index in [4.69, 9.17) is 15.2 Å². The smallest absolute Gasteiger partial charge is 0.306 e. The van der Waals surface area contributed by atoms with Crippen LogP contribution in [0.5, 0.6) is 0 Å². The molecular weight excluding hydrogens is 182 g/mol. The number of nitrogens with two attached hydrogens (primary N) is 1. The average Bonchev–Trinajstić information content (AvgIpc) is 2.67. The van der Waals surface area contributed by atoms with Crippen molar-refractivity contribution in [3.63, 3.8) is 0 Å². The second kappa shape index (κ2) is 5.98. The molecule has 1 heterocycles.